The number of hydrogen-bond donors (Lipinski definition) is 1. The van der Waals surface area contributed by atoms with Gasteiger partial charge in [-0.2, -0.15) is 0 Å². The summed E-state index contributed by atoms with van der Waals surface area (Å²) in [7, 11) is 4.30. The number of carbonyl (C=O) groups is 2. The lowest BCUT2D eigenvalue weighted by molar-refractivity contribution is -0.158. The van der Waals surface area contributed by atoms with Gasteiger partial charge in [0.2, 0.25) is 18.3 Å². The highest BCUT2D eigenvalue weighted by molar-refractivity contribution is 5.92. The zero-order valence-electron chi connectivity index (χ0n) is 25.5. The second-order valence-electron chi connectivity index (χ2n) is 10.6. The molecule has 4 atom stereocenters. The summed E-state index contributed by atoms with van der Waals surface area (Å²) < 4.78 is 47.2. The van der Waals surface area contributed by atoms with Gasteiger partial charge in [-0.3, -0.25) is 0 Å². The first kappa shape index (κ1) is 30.1. The van der Waals surface area contributed by atoms with E-state index < -0.39 is 35.7 Å². The summed E-state index contributed by atoms with van der Waals surface area (Å²) in [6.07, 6.45) is 1.26. The van der Waals surface area contributed by atoms with Crippen LogP contribution in [0, 0.1) is 5.92 Å². The number of methoxy groups -OCH3 is 3. The number of fused-ring (bicyclic) bond motifs is 4. The summed E-state index contributed by atoms with van der Waals surface area (Å²) in [4.78, 5) is 26.6. The molecule has 5 rings (SSSR count). The van der Waals surface area contributed by atoms with Crippen LogP contribution in [-0.2, 0) is 23.8 Å². The van der Waals surface area contributed by atoms with Crippen LogP contribution in [0.1, 0.15) is 58.0 Å². The smallest absolute Gasteiger partial charge is 0.334 e. The van der Waals surface area contributed by atoms with Gasteiger partial charge in [-0.05, 0) is 39.8 Å². The Bertz CT molecular complexity index is 1530. The maximum absolute atomic E-state index is 13.3. The molecule has 2 aromatic rings. The molecule has 3 aliphatic rings. The van der Waals surface area contributed by atoms with Crippen LogP contribution < -0.4 is 23.7 Å². The quantitative estimate of drug-likeness (QED) is 0.253. The second-order valence-corrected chi connectivity index (χ2v) is 10.6. The van der Waals surface area contributed by atoms with Crippen LogP contribution >= 0.6 is 0 Å². The SMILES string of the molecule is C/C=C(/C)C(=O)O[C@@H]1c2cc3c(c(OC)c2-c2c(cc(OC)c(OC)c2O)[C@@H](OC(=O)/C(C)=C/C)[C@@]2(CO2)[C@H]1C)OCO3. The van der Waals surface area contributed by atoms with E-state index >= 15 is 0 Å². The first-order valence-electron chi connectivity index (χ1n) is 13.9. The van der Waals surface area contributed by atoms with Gasteiger partial charge in [0, 0.05) is 39.3 Å². The minimum atomic E-state index is -1.14. The van der Waals surface area contributed by atoms with E-state index in [1.165, 1.54) is 21.3 Å². The van der Waals surface area contributed by atoms with Crippen LogP contribution in [0.4, 0.5) is 0 Å². The van der Waals surface area contributed by atoms with Crippen molar-refractivity contribution in [2.24, 2.45) is 5.92 Å². The number of rotatable bonds is 7. The van der Waals surface area contributed by atoms with Gasteiger partial charge in [0.15, 0.2) is 29.1 Å². The Kier molecular flexibility index (Phi) is 7.95. The highest BCUT2D eigenvalue weighted by atomic mass is 16.7. The lowest BCUT2D eigenvalue weighted by Gasteiger charge is -2.38. The minimum Gasteiger partial charge on any atom is -0.504 e. The van der Waals surface area contributed by atoms with Crippen LogP contribution in [0.2, 0.25) is 0 Å². The minimum absolute atomic E-state index is 0.0410. The molecule has 0 aromatic heterocycles. The van der Waals surface area contributed by atoms with E-state index in [2.05, 4.69) is 0 Å². The largest absolute Gasteiger partial charge is 0.504 e. The molecule has 230 valence electrons. The van der Waals surface area contributed by atoms with Crippen molar-refractivity contribution in [1.29, 1.82) is 0 Å². The predicted octanol–water partition coefficient (Wildman–Crippen LogP) is 5.33. The van der Waals surface area contributed by atoms with Crippen molar-refractivity contribution in [1.82, 2.24) is 0 Å². The number of aromatic hydroxyl groups is 1. The van der Waals surface area contributed by atoms with Gasteiger partial charge in [0.1, 0.15) is 11.7 Å². The van der Waals surface area contributed by atoms with E-state index in [-0.39, 0.29) is 42.0 Å². The molecule has 0 unspecified atom stereocenters. The normalized spacial score (nSPS) is 23.9. The molecule has 11 heteroatoms. The fraction of sp³-hybridized carbons (Fsp3) is 0.438. The average molecular weight is 597 g/mol. The molecule has 1 fully saturated rings. The molecule has 1 saturated heterocycles. The molecule has 43 heavy (non-hydrogen) atoms. The Hall–Kier alpha value is -4.38. The number of carbonyl (C=O) groups excluding carboxylic acids is 2. The Morgan fingerprint density at radius 3 is 2.09 bits per heavy atom. The van der Waals surface area contributed by atoms with Crippen LogP contribution in [0.25, 0.3) is 11.1 Å². The third-order valence-electron chi connectivity index (χ3n) is 8.48. The van der Waals surface area contributed by atoms with Crippen molar-refractivity contribution in [2.45, 2.75) is 52.4 Å². The van der Waals surface area contributed by atoms with Crippen molar-refractivity contribution in [3.05, 3.63) is 46.6 Å². The van der Waals surface area contributed by atoms with Crippen LogP contribution in [0.5, 0.6) is 34.5 Å². The second kappa shape index (κ2) is 11.4. The number of allylic oxidation sites excluding steroid dienone is 2. The molecule has 2 aromatic carbocycles. The Balaban J connectivity index is 1.92. The van der Waals surface area contributed by atoms with Crippen LogP contribution in [0.15, 0.2) is 35.4 Å². The lowest BCUT2D eigenvalue weighted by Crippen LogP contribution is -2.39. The standard InChI is InChI=1S/C32H36O11/c1-9-15(3)30(34)42-25-17(5)32(13-41-32)29(43-31(35)16(4)10-2)19-12-20(36-6)26(37-7)24(33)22(19)23-18(25)11-21-27(28(23)38-8)40-14-39-21/h9-12,17,25,29,33H,13-14H2,1-8H3/b15-9-,16-10+/t17-,25-,29+,32+/m0/s1. The van der Waals surface area contributed by atoms with Crippen molar-refractivity contribution in [2.75, 3.05) is 34.7 Å². The van der Waals surface area contributed by atoms with Gasteiger partial charge < -0.3 is 43.0 Å². The zero-order valence-corrected chi connectivity index (χ0v) is 25.5. The molecule has 2 heterocycles. The Morgan fingerprint density at radius 2 is 1.53 bits per heavy atom. The zero-order chi connectivity index (χ0) is 31.2. The fourth-order valence-corrected chi connectivity index (χ4v) is 5.67. The third-order valence-corrected chi connectivity index (χ3v) is 8.48. The van der Waals surface area contributed by atoms with E-state index in [9.17, 15) is 14.7 Å². The summed E-state index contributed by atoms with van der Waals surface area (Å²) in [6, 6.07) is 3.36. The summed E-state index contributed by atoms with van der Waals surface area (Å²) in [5.41, 5.74) is 1.05. The van der Waals surface area contributed by atoms with Crippen molar-refractivity contribution < 1.29 is 52.6 Å². The topological polar surface area (TPSA) is 132 Å². The third kappa shape index (κ3) is 4.71. The van der Waals surface area contributed by atoms with E-state index in [1.807, 2.05) is 6.92 Å². The Labute approximate surface area is 249 Å². The molecule has 1 N–H and O–H groups in total. The monoisotopic (exact) mass is 596 g/mol. The molecule has 0 amide bonds. The maximum atomic E-state index is 13.3. The summed E-state index contributed by atoms with van der Waals surface area (Å²) in [5.74, 6) is -0.840. The molecule has 1 spiro atoms. The average Bonchev–Trinajstić information content (AvgIpc) is 3.69. The van der Waals surface area contributed by atoms with Gasteiger partial charge in [-0.1, -0.05) is 19.1 Å². The van der Waals surface area contributed by atoms with E-state index in [1.54, 1.807) is 52.0 Å². The van der Waals surface area contributed by atoms with Gasteiger partial charge >= 0.3 is 11.9 Å². The summed E-state index contributed by atoms with van der Waals surface area (Å²) in [5, 5.41) is 11.9. The number of benzene rings is 2. The number of phenolic OH excluding ortho intramolecular Hbond substituents is 1. The number of epoxide rings is 1. The van der Waals surface area contributed by atoms with Gasteiger partial charge in [0.25, 0.3) is 0 Å². The molecule has 0 saturated carbocycles. The number of phenols is 1. The van der Waals surface area contributed by atoms with Gasteiger partial charge in [0.05, 0.1) is 27.9 Å². The van der Waals surface area contributed by atoms with E-state index in [0.717, 1.165) is 0 Å². The molecule has 0 radical (unpaired) electrons. The number of ether oxygens (including phenoxy) is 8. The molecular formula is C32H36O11. The Morgan fingerprint density at radius 1 is 0.907 bits per heavy atom. The van der Waals surface area contributed by atoms with E-state index in [0.29, 0.717) is 39.3 Å². The number of hydrogen-bond acceptors (Lipinski definition) is 11. The summed E-state index contributed by atoms with van der Waals surface area (Å²) >= 11 is 0. The number of esters is 2. The van der Waals surface area contributed by atoms with Crippen molar-refractivity contribution in [3.63, 3.8) is 0 Å². The fourth-order valence-electron chi connectivity index (χ4n) is 5.67. The lowest BCUT2D eigenvalue weighted by atomic mass is 9.73. The molecule has 1 aliphatic carbocycles. The maximum Gasteiger partial charge on any atom is 0.334 e. The molecule has 11 nitrogen and oxygen atoms in total. The van der Waals surface area contributed by atoms with Gasteiger partial charge in [-0.25, -0.2) is 9.59 Å². The van der Waals surface area contributed by atoms with Crippen molar-refractivity contribution in [3.8, 4) is 45.6 Å². The van der Waals surface area contributed by atoms with E-state index in [4.69, 9.17) is 37.9 Å². The highest BCUT2D eigenvalue weighted by Gasteiger charge is 2.63. The highest BCUT2D eigenvalue weighted by Crippen LogP contribution is 2.63. The predicted molar refractivity (Wildman–Crippen MR) is 154 cm³/mol. The molecular weight excluding hydrogens is 560 g/mol. The van der Waals surface area contributed by atoms with Crippen molar-refractivity contribution >= 4 is 11.9 Å². The van der Waals surface area contributed by atoms with Gasteiger partial charge in [-0.15, -0.1) is 0 Å². The molecule has 2 aliphatic heterocycles. The summed E-state index contributed by atoms with van der Waals surface area (Å²) in [6.45, 7) is 8.76. The van der Waals surface area contributed by atoms with Crippen LogP contribution in [-0.4, -0.2) is 57.4 Å². The molecule has 0 bridgehead atoms. The van der Waals surface area contributed by atoms with Crippen LogP contribution in [0.3, 0.4) is 0 Å². The first-order valence-corrected chi connectivity index (χ1v) is 13.9. The first-order chi connectivity index (χ1) is 20.6.